The Morgan fingerprint density at radius 1 is 1.20 bits per heavy atom. The van der Waals surface area contributed by atoms with Gasteiger partial charge in [0.25, 0.3) is 0 Å². The van der Waals surface area contributed by atoms with Crippen molar-refractivity contribution in [2.45, 2.75) is 51.0 Å². The van der Waals surface area contributed by atoms with Gasteiger partial charge in [-0.25, -0.2) is 9.67 Å². The molecular formula is C19H24N4O2. The van der Waals surface area contributed by atoms with Gasteiger partial charge in [-0.2, -0.15) is 5.10 Å². The number of para-hydroxylation sites is 2. The average Bonchev–Trinajstić information content (AvgIpc) is 3.37. The summed E-state index contributed by atoms with van der Waals surface area (Å²) in [4.78, 5) is 18.8. The fourth-order valence-electron chi connectivity index (χ4n) is 3.86. The van der Waals surface area contributed by atoms with E-state index in [1.54, 1.807) is 7.11 Å². The molecule has 25 heavy (non-hydrogen) atoms. The molecule has 1 amide bonds. The molecule has 1 saturated heterocycles. The van der Waals surface area contributed by atoms with Gasteiger partial charge in [-0.15, -0.1) is 0 Å². The molecule has 4 rings (SSSR count). The van der Waals surface area contributed by atoms with Gasteiger partial charge < -0.3 is 9.64 Å². The van der Waals surface area contributed by atoms with Crippen LogP contribution < -0.4 is 4.74 Å². The lowest BCUT2D eigenvalue weighted by Crippen LogP contribution is -2.25. The van der Waals surface area contributed by atoms with Crippen molar-refractivity contribution < 1.29 is 9.53 Å². The maximum absolute atomic E-state index is 12.1. The Bertz CT molecular complexity index is 765. The molecule has 1 aliphatic heterocycles. The normalized spacial score (nSPS) is 18.3. The van der Waals surface area contributed by atoms with Crippen LogP contribution in [0.2, 0.25) is 0 Å². The molecule has 0 spiro atoms. The van der Waals surface area contributed by atoms with E-state index >= 15 is 0 Å². The first-order valence-corrected chi connectivity index (χ1v) is 9.13. The summed E-state index contributed by atoms with van der Waals surface area (Å²) in [5, 5.41) is 4.83. The van der Waals surface area contributed by atoms with Gasteiger partial charge in [0.1, 0.15) is 11.4 Å². The Balaban J connectivity index is 1.73. The first-order chi connectivity index (χ1) is 12.3. The first-order valence-electron chi connectivity index (χ1n) is 9.13. The molecule has 0 bridgehead atoms. The molecule has 1 aromatic heterocycles. The van der Waals surface area contributed by atoms with Crippen LogP contribution in [0.5, 0.6) is 5.75 Å². The van der Waals surface area contributed by atoms with Gasteiger partial charge in [0, 0.05) is 18.9 Å². The molecule has 2 heterocycles. The number of benzene rings is 1. The van der Waals surface area contributed by atoms with Gasteiger partial charge in [0.15, 0.2) is 11.6 Å². The summed E-state index contributed by atoms with van der Waals surface area (Å²) < 4.78 is 7.38. The number of hydrogen-bond acceptors (Lipinski definition) is 4. The molecule has 6 nitrogen and oxygen atoms in total. The summed E-state index contributed by atoms with van der Waals surface area (Å²) in [5.41, 5.74) is 0.878. The van der Waals surface area contributed by atoms with Gasteiger partial charge in [-0.1, -0.05) is 25.0 Å². The SMILES string of the molecule is COc1ccccc1-n1nc(C2CCCC2)nc1CN1CCCC1=O. The molecule has 0 unspecified atom stereocenters. The van der Waals surface area contributed by atoms with Crippen LogP contribution in [0, 0.1) is 0 Å². The number of aromatic nitrogens is 3. The molecule has 0 radical (unpaired) electrons. The van der Waals surface area contributed by atoms with Crippen LogP contribution >= 0.6 is 0 Å². The smallest absolute Gasteiger partial charge is 0.223 e. The molecule has 0 atom stereocenters. The van der Waals surface area contributed by atoms with Crippen molar-refractivity contribution in [3.05, 3.63) is 35.9 Å². The summed E-state index contributed by atoms with van der Waals surface area (Å²) in [6.07, 6.45) is 6.35. The molecular weight excluding hydrogens is 316 g/mol. The first kappa shape index (κ1) is 16.1. The quantitative estimate of drug-likeness (QED) is 0.839. The third-order valence-electron chi connectivity index (χ3n) is 5.23. The zero-order valence-corrected chi connectivity index (χ0v) is 14.6. The highest BCUT2D eigenvalue weighted by molar-refractivity contribution is 5.77. The fourth-order valence-corrected chi connectivity index (χ4v) is 3.86. The van der Waals surface area contributed by atoms with Crippen LogP contribution in [-0.2, 0) is 11.3 Å². The van der Waals surface area contributed by atoms with E-state index in [4.69, 9.17) is 14.8 Å². The number of amides is 1. The lowest BCUT2D eigenvalue weighted by molar-refractivity contribution is -0.128. The van der Waals surface area contributed by atoms with E-state index in [1.807, 2.05) is 33.8 Å². The Labute approximate surface area is 147 Å². The van der Waals surface area contributed by atoms with E-state index < -0.39 is 0 Å². The standard InChI is InChI=1S/C19H24N4O2/c1-25-16-10-5-4-9-15(16)23-17(13-22-12-6-11-18(22)24)20-19(21-23)14-7-2-3-8-14/h4-5,9-10,14H,2-3,6-8,11-13H2,1H3. The summed E-state index contributed by atoms with van der Waals surface area (Å²) in [6.45, 7) is 1.31. The van der Waals surface area contributed by atoms with Gasteiger partial charge in [0.2, 0.25) is 5.91 Å². The molecule has 1 aliphatic carbocycles. The molecule has 132 valence electrons. The minimum Gasteiger partial charge on any atom is -0.494 e. The minimum atomic E-state index is 0.206. The summed E-state index contributed by atoms with van der Waals surface area (Å²) in [6, 6.07) is 7.83. The van der Waals surface area contributed by atoms with E-state index in [0.29, 0.717) is 18.9 Å². The molecule has 6 heteroatoms. The van der Waals surface area contributed by atoms with Crippen LogP contribution in [0.3, 0.4) is 0 Å². The predicted octanol–water partition coefficient (Wildman–Crippen LogP) is 3.06. The largest absolute Gasteiger partial charge is 0.494 e. The van der Waals surface area contributed by atoms with Gasteiger partial charge in [-0.3, -0.25) is 4.79 Å². The Kier molecular flexibility index (Phi) is 4.42. The Hall–Kier alpha value is -2.37. The van der Waals surface area contributed by atoms with Crippen LogP contribution in [0.25, 0.3) is 5.69 Å². The highest BCUT2D eigenvalue weighted by Crippen LogP contribution is 2.33. The molecule has 2 aliphatic rings. The number of rotatable bonds is 5. The van der Waals surface area contributed by atoms with Crippen molar-refractivity contribution in [3.8, 4) is 11.4 Å². The second-order valence-corrected chi connectivity index (χ2v) is 6.87. The number of carbonyl (C=O) groups is 1. The van der Waals surface area contributed by atoms with Crippen molar-refractivity contribution in [2.24, 2.45) is 0 Å². The third kappa shape index (κ3) is 3.13. The summed E-state index contributed by atoms with van der Waals surface area (Å²) >= 11 is 0. The molecule has 1 aromatic carbocycles. The summed E-state index contributed by atoms with van der Waals surface area (Å²) in [7, 11) is 1.66. The van der Waals surface area contributed by atoms with Crippen molar-refractivity contribution in [1.29, 1.82) is 0 Å². The van der Waals surface area contributed by atoms with E-state index in [-0.39, 0.29) is 5.91 Å². The Morgan fingerprint density at radius 3 is 2.72 bits per heavy atom. The number of nitrogens with zero attached hydrogens (tertiary/aromatic N) is 4. The van der Waals surface area contributed by atoms with Gasteiger partial charge in [-0.05, 0) is 31.4 Å². The topological polar surface area (TPSA) is 60.2 Å². The zero-order chi connectivity index (χ0) is 17.2. The van der Waals surface area contributed by atoms with E-state index in [2.05, 4.69) is 0 Å². The van der Waals surface area contributed by atoms with Crippen LogP contribution in [0.4, 0.5) is 0 Å². The maximum Gasteiger partial charge on any atom is 0.223 e. The van der Waals surface area contributed by atoms with E-state index in [9.17, 15) is 4.79 Å². The van der Waals surface area contributed by atoms with E-state index in [1.165, 1.54) is 12.8 Å². The highest BCUT2D eigenvalue weighted by Gasteiger charge is 2.27. The highest BCUT2D eigenvalue weighted by atomic mass is 16.5. The molecule has 2 fully saturated rings. The van der Waals surface area contributed by atoms with Crippen LogP contribution in [-0.4, -0.2) is 39.2 Å². The molecule has 1 saturated carbocycles. The molecule has 2 aromatic rings. The lowest BCUT2D eigenvalue weighted by atomic mass is 10.1. The van der Waals surface area contributed by atoms with Gasteiger partial charge in [0.05, 0.1) is 13.7 Å². The number of likely N-dealkylation sites (tertiary alicyclic amines) is 1. The van der Waals surface area contributed by atoms with Crippen LogP contribution in [0.1, 0.15) is 56.1 Å². The Morgan fingerprint density at radius 2 is 2.00 bits per heavy atom. The second-order valence-electron chi connectivity index (χ2n) is 6.87. The van der Waals surface area contributed by atoms with Gasteiger partial charge >= 0.3 is 0 Å². The fraction of sp³-hybridized carbons (Fsp3) is 0.526. The van der Waals surface area contributed by atoms with Crippen molar-refractivity contribution in [2.75, 3.05) is 13.7 Å². The van der Waals surface area contributed by atoms with Crippen molar-refractivity contribution >= 4 is 5.91 Å². The lowest BCUT2D eigenvalue weighted by Gasteiger charge is -2.16. The third-order valence-corrected chi connectivity index (χ3v) is 5.23. The maximum atomic E-state index is 12.1. The molecule has 0 N–H and O–H groups in total. The number of carbonyl (C=O) groups excluding carboxylic acids is 1. The van der Waals surface area contributed by atoms with Crippen LogP contribution in [0.15, 0.2) is 24.3 Å². The zero-order valence-electron chi connectivity index (χ0n) is 14.6. The second kappa shape index (κ2) is 6.86. The van der Waals surface area contributed by atoms with Crippen molar-refractivity contribution in [3.63, 3.8) is 0 Å². The van der Waals surface area contributed by atoms with Crippen molar-refractivity contribution in [1.82, 2.24) is 19.7 Å². The predicted molar refractivity (Wildman–Crippen MR) is 93.8 cm³/mol. The van der Waals surface area contributed by atoms with E-state index in [0.717, 1.165) is 48.9 Å². The monoisotopic (exact) mass is 340 g/mol. The minimum absolute atomic E-state index is 0.206. The number of ether oxygens (including phenoxy) is 1. The summed E-state index contributed by atoms with van der Waals surface area (Å²) in [5.74, 6) is 3.13. The average molecular weight is 340 g/mol. The number of hydrogen-bond donors (Lipinski definition) is 0. The number of methoxy groups -OCH3 is 1.